The van der Waals surface area contributed by atoms with Crippen molar-refractivity contribution < 1.29 is 18.3 Å². The minimum Gasteiger partial charge on any atom is -0.379 e. The highest BCUT2D eigenvalue weighted by atomic mass is 32.2. The molecule has 1 aromatic rings. The highest BCUT2D eigenvalue weighted by Gasteiger charge is 2.40. The third-order valence-electron chi connectivity index (χ3n) is 2.62. The molecule has 1 rings (SSSR count). The van der Waals surface area contributed by atoms with Crippen molar-refractivity contribution in [2.75, 3.05) is 0 Å². The van der Waals surface area contributed by atoms with Crippen LogP contribution >= 0.6 is 11.8 Å². The molecule has 5 heteroatoms. The second-order valence-corrected chi connectivity index (χ2v) is 5.38. The summed E-state index contributed by atoms with van der Waals surface area (Å²) >= 11 is 1.29. The second kappa shape index (κ2) is 7.01. The van der Waals surface area contributed by atoms with Crippen LogP contribution in [0.25, 0.3) is 0 Å². The molecule has 0 aliphatic heterocycles. The number of rotatable bonds is 5. The Morgan fingerprint density at radius 2 is 1.84 bits per heavy atom. The van der Waals surface area contributed by atoms with Crippen molar-refractivity contribution >= 4 is 11.8 Å². The molecule has 0 aliphatic rings. The largest absolute Gasteiger partial charge is 0.418 e. The molecule has 0 radical (unpaired) electrons. The first-order valence-electron chi connectivity index (χ1n) is 6.03. The van der Waals surface area contributed by atoms with Crippen molar-refractivity contribution in [3.63, 3.8) is 0 Å². The van der Waals surface area contributed by atoms with Gasteiger partial charge in [-0.3, -0.25) is 0 Å². The summed E-state index contributed by atoms with van der Waals surface area (Å²) in [5.41, 5.74) is -0.0109. The van der Waals surface area contributed by atoms with E-state index in [4.69, 9.17) is 0 Å². The molecule has 1 nitrogen and oxygen atoms in total. The maximum absolute atomic E-state index is 12.5. The molecule has 0 fully saturated rings. The fourth-order valence-corrected chi connectivity index (χ4v) is 2.74. The zero-order valence-corrected chi connectivity index (χ0v) is 11.7. The van der Waals surface area contributed by atoms with Gasteiger partial charge < -0.3 is 5.11 Å². The lowest BCUT2D eigenvalue weighted by Gasteiger charge is -2.19. The first-order chi connectivity index (χ1) is 8.86. The molecule has 106 valence electrons. The van der Waals surface area contributed by atoms with Gasteiger partial charge in [-0.15, -0.1) is 0 Å². The van der Waals surface area contributed by atoms with Crippen LogP contribution in [0.3, 0.4) is 0 Å². The number of benzene rings is 1. The number of aliphatic hydroxyl groups is 1. The molecular formula is C14H17F3OS. The minimum atomic E-state index is -4.61. The summed E-state index contributed by atoms with van der Waals surface area (Å²) in [6.07, 6.45) is -5.74. The Morgan fingerprint density at radius 1 is 1.26 bits per heavy atom. The Hall–Kier alpha value is -0.940. The van der Waals surface area contributed by atoms with Gasteiger partial charge in [-0.25, -0.2) is 0 Å². The van der Waals surface area contributed by atoms with Crippen molar-refractivity contribution in [1.82, 2.24) is 0 Å². The summed E-state index contributed by atoms with van der Waals surface area (Å²) in [5, 5.41) is 9.33. The monoisotopic (exact) mass is 290 g/mol. The first kappa shape index (κ1) is 16.1. The number of halogens is 3. The third-order valence-corrected chi connectivity index (χ3v) is 3.90. The molecule has 0 unspecified atom stereocenters. The van der Waals surface area contributed by atoms with Crippen molar-refractivity contribution in [1.29, 1.82) is 0 Å². The van der Waals surface area contributed by atoms with Crippen LogP contribution in [0.1, 0.15) is 26.7 Å². The lowest BCUT2D eigenvalue weighted by molar-refractivity contribution is -0.191. The standard InChI is InChI=1S/C14H17F3OS/c1-3-7-12(10(2)13(18)14(15,16)17)19-11-8-5-4-6-9-11/h4-6,8-9,13,18H,3,7H2,1-2H3/b12-10-/t13-/m1/s1. The van der Waals surface area contributed by atoms with E-state index in [1.165, 1.54) is 18.7 Å². The lowest BCUT2D eigenvalue weighted by atomic mass is 10.1. The maximum Gasteiger partial charge on any atom is 0.418 e. The van der Waals surface area contributed by atoms with Crippen LogP contribution in [0.5, 0.6) is 0 Å². The minimum absolute atomic E-state index is 0.0109. The molecular weight excluding hydrogens is 273 g/mol. The molecule has 0 amide bonds. The Labute approximate surface area is 115 Å². The van der Waals surface area contributed by atoms with E-state index in [2.05, 4.69) is 0 Å². The summed E-state index contributed by atoms with van der Waals surface area (Å²) in [7, 11) is 0. The molecule has 0 bridgehead atoms. The maximum atomic E-state index is 12.5. The zero-order chi connectivity index (χ0) is 14.5. The van der Waals surface area contributed by atoms with Gasteiger partial charge in [-0.05, 0) is 36.0 Å². The average molecular weight is 290 g/mol. The number of aliphatic hydroxyl groups excluding tert-OH is 1. The molecule has 0 heterocycles. The quantitative estimate of drug-likeness (QED) is 0.788. The van der Waals surface area contributed by atoms with Crippen LogP contribution < -0.4 is 0 Å². The van der Waals surface area contributed by atoms with Crippen molar-refractivity contribution in [3.8, 4) is 0 Å². The normalized spacial score (nSPS) is 15.1. The van der Waals surface area contributed by atoms with Gasteiger partial charge in [0.05, 0.1) is 0 Å². The summed E-state index contributed by atoms with van der Waals surface area (Å²) in [6.45, 7) is 3.25. The predicted molar refractivity (Wildman–Crippen MR) is 72.0 cm³/mol. The van der Waals surface area contributed by atoms with Gasteiger partial charge in [0, 0.05) is 4.90 Å². The SMILES string of the molecule is CCC/C(Sc1ccccc1)=C(\C)[C@@H](O)C(F)(F)F. The molecule has 1 atom stereocenters. The van der Waals surface area contributed by atoms with E-state index in [0.717, 1.165) is 11.3 Å². The average Bonchev–Trinajstić information content (AvgIpc) is 2.36. The molecule has 0 saturated heterocycles. The summed E-state index contributed by atoms with van der Waals surface area (Å²) in [4.78, 5) is 1.46. The van der Waals surface area contributed by atoms with Crippen molar-refractivity contribution in [2.45, 2.75) is 43.9 Å². The van der Waals surface area contributed by atoms with Crippen LogP contribution in [0.15, 0.2) is 45.7 Å². The first-order valence-corrected chi connectivity index (χ1v) is 6.85. The Bertz CT molecular complexity index is 426. The van der Waals surface area contributed by atoms with Gasteiger partial charge in [0.15, 0.2) is 6.10 Å². The van der Waals surface area contributed by atoms with E-state index in [0.29, 0.717) is 11.3 Å². The van der Waals surface area contributed by atoms with Gasteiger partial charge >= 0.3 is 6.18 Å². The molecule has 0 saturated carbocycles. The zero-order valence-electron chi connectivity index (χ0n) is 10.9. The fourth-order valence-electron chi connectivity index (χ4n) is 1.58. The molecule has 0 aliphatic carbocycles. The highest BCUT2D eigenvalue weighted by Crippen LogP contribution is 2.36. The van der Waals surface area contributed by atoms with E-state index >= 15 is 0 Å². The number of thioether (sulfide) groups is 1. The van der Waals surface area contributed by atoms with Gasteiger partial charge in [-0.2, -0.15) is 13.2 Å². The lowest BCUT2D eigenvalue weighted by Crippen LogP contribution is -2.30. The van der Waals surface area contributed by atoms with Gasteiger partial charge in [0.25, 0.3) is 0 Å². The number of hydrogen-bond donors (Lipinski definition) is 1. The Balaban J connectivity index is 2.98. The summed E-state index contributed by atoms with van der Waals surface area (Å²) < 4.78 is 37.6. The molecule has 0 spiro atoms. The highest BCUT2D eigenvalue weighted by molar-refractivity contribution is 8.03. The molecule has 0 aromatic heterocycles. The van der Waals surface area contributed by atoms with Crippen LogP contribution in [0, 0.1) is 0 Å². The predicted octanol–water partition coefficient (Wildman–Crippen LogP) is 4.78. The van der Waals surface area contributed by atoms with Crippen molar-refractivity contribution in [3.05, 3.63) is 40.8 Å². The van der Waals surface area contributed by atoms with Crippen LogP contribution in [0.4, 0.5) is 13.2 Å². The van der Waals surface area contributed by atoms with Gasteiger partial charge in [0.2, 0.25) is 0 Å². The topological polar surface area (TPSA) is 20.2 Å². The van der Waals surface area contributed by atoms with Crippen LogP contribution in [0.2, 0.25) is 0 Å². The number of alkyl halides is 3. The van der Waals surface area contributed by atoms with E-state index in [-0.39, 0.29) is 5.57 Å². The molecule has 1 N–H and O–H groups in total. The van der Waals surface area contributed by atoms with E-state index < -0.39 is 12.3 Å². The van der Waals surface area contributed by atoms with Crippen molar-refractivity contribution in [2.24, 2.45) is 0 Å². The fraction of sp³-hybridized carbons (Fsp3) is 0.429. The summed E-state index contributed by atoms with van der Waals surface area (Å²) in [5.74, 6) is 0. The van der Waals surface area contributed by atoms with Crippen LogP contribution in [-0.4, -0.2) is 17.4 Å². The van der Waals surface area contributed by atoms with E-state index in [1.54, 1.807) is 0 Å². The number of allylic oxidation sites excluding steroid dienone is 1. The van der Waals surface area contributed by atoms with Gasteiger partial charge in [-0.1, -0.05) is 43.3 Å². The van der Waals surface area contributed by atoms with Crippen LogP contribution in [-0.2, 0) is 0 Å². The molecule has 1 aromatic carbocycles. The number of hydrogen-bond acceptors (Lipinski definition) is 2. The Morgan fingerprint density at radius 3 is 2.32 bits per heavy atom. The van der Waals surface area contributed by atoms with E-state index in [1.807, 2.05) is 37.3 Å². The van der Waals surface area contributed by atoms with E-state index in [9.17, 15) is 18.3 Å². The molecule has 19 heavy (non-hydrogen) atoms. The third kappa shape index (κ3) is 4.91. The summed E-state index contributed by atoms with van der Waals surface area (Å²) in [6, 6.07) is 9.20. The van der Waals surface area contributed by atoms with Gasteiger partial charge in [0.1, 0.15) is 0 Å². The second-order valence-electron chi connectivity index (χ2n) is 4.22. The Kier molecular flexibility index (Phi) is 5.94. The smallest absolute Gasteiger partial charge is 0.379 e.